The number of nitrogens with two attached hydrogens (primary N) is 1. The molecule has 0 aliphatic rings. The van der Waals surface area contributed by atoms with Crippen LogP contribution in [-0.2, 0) is 0 Å². The number of rotatable bonds is 5. The molecule has 1 aromatic carbocycles. The van der Waals surface area contributed by atoms with E-state index in [4.69, 9.17) is 5.84 Å². The molecule has 2 aromatic rings. The first-order valence-electron chi connectivity index (χ1n) is 7.22. The molecule has 0 saturated heterocycles. The number of hydrogen-bond acceptors (Lipinski definition) is 4. The summed E-state index contributed by atoms with van der Waals surface area (Å²) in [6.07, 6.45) is 2.01. The maximum atomic E-state index is 12.6. The van der Waals surface area contributed by atoms with Crippen LogP contribution in [-0.4, -0.2) is 28.9 Å². The molecule has 1 atom stereocenters. The standard InChI is InChI=1S/C16H22N4O/c1-4-7-11(2)20(3)16(21)14-10-12-8-5-6-9-13(12)15(18-14)19-17/h5-6,8-11H,4,7,17H2,1-3H3,(H,18,19). The summed E-state index contributed by atoms with van der Waals surface area (Å²) in [6.45, 7) is 4.16. The van der Waals surface area contributed by atoms with Crippen molar-refractivity contribution in [3.63, 3.8) is 0 Å². The quantitative estimate of drug-likeness (QED) is 0.655. The average molecular weight is 286 g/mol. The molecule has 1 aromatic heterocycles. The highest BCUT2D eigenvalue weighted by Crippen LogP contribution is 2.22. The summed E-state index contributed by atoms with van der Waals surface area (Å²) in [4.78, 5) is 18.7. The molecule has 1 amide bonds. The smallest absolute Gasteiger partial charge is 0.272 e. The molecule has 1 heterocycles. The molecule has 0 spiro atoms. The van der Waals surface area contributed by atoms with Gasteiger partial charge < -0.3 is 10.3 Å². The van der Waals surface area contributed by atoms with E-state index in [2.05, 4.69) is 17.3 Å². The number of pyridine rings is 1. The highest BCUT2D eigenvalue weighted by Gasteiger charge is 2.19. The van der Waals surface area contributed by atoms with Crippen molar-refractivity contribution < 1.29 is 4.79 Å². The van der Waals surface area contributed by atoms with Gasteiger partial charge in [-0.25, -0.2) is 10.8 Å². The van der Waals surface area contributed by atoms with Gasteiger partial charge in [0.1, 0.15) is 11.5 Å². The van der Waals surface area contributed by atoms with Crippen molar-refractivity contribution in [1.29, 1.82) is 0 Å². The zero-order valence-corrected chi connectivity index (χ0v) is 12.8. The van der Waals surface area contributed by atoms with Crippen molar-refractivity contribution in [2.45, 2.75) is 32.7 Å². The lowest BCUT2D eigenvalue weighted by atomic mass is 10.1. The molecule has 3 N–H and O–H groups in total. The Balaban J connectivity index is 2.40. The lowest BCUT2D eigenvalue weighted by Gasteiger charge is -2.24. The van der Waals surface area contributed by atoms with Crippen molar-refractivity contribution in [2.24, 2.45) is 5.84 Å². The Bertz CT molecular complexity index is 641. The third-order valence-electron chi connectivity index (χ3n) is 3.78. The van der Waals surface area contributed by atoms with Crippen molar-refractivity contribution in [3.8, 4) is 0 Å². The van der Waals surface area contributed by atoms with Gasteiger partial charge in [-0.3, -0.25) is 4.79 Å². The number of anilines is 1. The molecule has 0 bridgehead atoms. The lowest BCUT2D eigenvalue weighted by Crippen LogP contribution is -2.35. The lowest BCUT2D eigenvalue weighted by molar-refractivity contribution is 0.0731. The summed E-state index contributed by atoms with van der Waals surface area (Å²) in [7, 11) is 1.81. The Labute approximate surface area is 125 Å². The fraction of sp³-hybridized carbons (Fsp3) is 0.375. The Morgan fingerprint density at radius 3 is 2.81 bits per heavy atom. The van der Waals surface area contributed by atoms with Crippen molar-refractivity contribution >= 4 is 22.5 Å². The number of carbonyl (C=O) groups is 1. The molecule has 5 heteroatoms. The summed E-state index contributed by atoms with van der Waals surface area (Å²) < 4.78 is 0. The van der Waals surface area contributed by atoms with Gasteiger partial charge in [0.2, 0.25) is 0 Å². The highest BCUT2D eigenvalue weighted by molar-refractivity contribution is 6.00. The molecule has 2 rings (SSSR count). The van der Waals surface area contributed by atoms with E-state index in [1.165, 1.54) is 0 Å². The SMILES string of the molecule is CCCC(C)N(C)C(=O)c1cc2ccccc2c(NN)n1. The number of benzene rings is 1. The van der Waals surface area contributed by atoms with Crippen molar-refractivity contribution in [3.05, 3.63) is 36.0 Å². The van der Waals surface area contributed by atoms with E-state index >= 15 is 0 Å². The summed E-state index contributed by atoms with van der Waals surface area (Å²) >= 11 is 0. The van der Waals surface area contributed by atoms with Gasteiger partial charge in [0.05, 0.1) is 0 Å². The van der Waals surface area contributed by atoms with Gasteiger partial charge >= 0.3 is 0 Å². The molecule has 112 valence electrons. The molecule has 5 nitrogen and oxygen atoms in total. The first-order chi connectivity index (χ1) is 10.1. The second-order valence-electron chi connectivity index (χ2n) is 5.28. The third kappa shape index (κ3) is 3.13. The van der Waals surface area contributed by atoms with E-state index < -0.39 is 0 Å². The van der Waals surface area contributed by atoms with Crippen molar-refractivity contribution in [2.75, 3.05) is 12.5 Å². The van der Waals surface area contributed by atoms with Gasteiger partial charge in [0.25, 0.3) is 5.91 Å². The number of nitrogens with one attached hydrogen (secondary N) is 1. The Morgan fingerprint density at radius 2 is 2.14 bits per heavy atom. The second-order valence-corrected chi connectivity index (χ2v) is 5.28. The molecule has 1 unspecified atom stereocenters. The first-order valence-corrected chi connectivity index (χ1v) is 7.22. The molecular weight excluding hydrogens is 264 g/mol. The van der Waals surface area contributed by atoms with Crippen LogP contribution in [0.3, 0.4) is 0 Å². The third-order valence-corrected chi connectivity index (χ3v) is 3.78. The van der Waals surface area contributed by atoms with Crippen LogP contribution in [0.4, 0.5) is 5.82 Å². The largest absolute Gasteiger partial charge is 0.338 e. The Hall–Kier alpha value is -2.14. The van der Waals surface area contributed by atoms with Gasteiger partial charge in [-0.2, -0.15) is 0 Å². The van der Waals surface area contributed by atoms with Crippen LogP contribution in [0.5, 0.6) is 0 Å². The monoisotopic (exact) mass is 286 g/mol. The van der Waals surface area contributed by atoms with E-state index in [-0.39, 0.29) is 11.9 Å². The minimum atomic E-state index is -0.0850. The van der Waals surface area contributed by atoms with Gasteiger partial charge in [0.15, 0.2) is 0 Å². The zero-order valence-electron chi connectivity index (χ0n) is 12.8. The Morgan fingerprint density at radius 1 is 1.43 bits per heavy atom. The number of hydrazine groups is 1. The predicted molar refractivity (Wildman–Crippen MR) is 86.0 cm³/mol. The highest BCUT2D eigenvalue weighted by atomic mass is 16.2. The molecule has 0 radical (unpaired) electrons. The number of aromatic nitrogens is 1. The maximum absolute atomic E-state index is 12.6. The van der Waals surface area contributed by atoms with Crippen LogP contribution in [0.2, 0.25) is 0 Å². The number of carbonyl (C=O) groups excluding carboxylic acids is 1. The van der Waals surface area contributed by atoms with Crippen LogP contribution in [0.15, 0.2) is 30.3 Å². The van der Waals surface area contributed by atoms with Crippen LogP contribution in [0.25, 0.3) is 10.8 Å². The van der Waals surface area contributed by atoms with E-state index in [9.17, 15) is 4.79 Å². The fourth-order valence-electron chi connectivity index (χ4n) is 2.41. The van der Waals surface area contributed by atoms with Gasteiger partial charge in [0, 0.05) is 18.5 Å². The minimum Gasteiger partial charge on any atom is -0.338 e. The summed E-state index contributed by atoms with van der Waals surface area (Å²) in [6, 6.07) is 9.72. The van der Waals surface area contributed by atoms with E-state index in [1.54, 1.807) is 4.90 Å². The molecule has 0 fully saturated rings. The fourth-order valence-corrected chi connectivity index (χ4v) is 2.41. The van der Waals surface area contributed by atoms with Gasteiger partial charge in [-0.05, 0) is 24.8 Å². The summed E-state index contributed by atoms with van der Waals surface area (Å²) in [5, 5.41) is 1.85. The normalized spacial score (nSPS) is 12.2. The van der Waals surface area contributed by atoms with Crippen molar-refractivity contribution in [1.82, 2.24) is 9.88 Å². The number of fused-ring (bicyclic) bond motifs is 1. The molecule has 0 aliphatic heterocycles. The summed E-state index contributed by atoms with van der Waals surface area (Å²) in [5.41, 5.74) is 2.99. The molecule has 0 saturated carbocycles. The van der Waals surface area contributed by atoms with Gasteiger partial charge in [-0.15, -0.1) is 0 Å². The first kappa shape index (κ1) is 15.3. The maximum Gasteiger partial charge on any atom is 0.272 e. The summed E-state index contributed by atoms with van der Waals surface area (Å²) in [5.74, 6) is 5.97. The number of nitrogens with zero attached hydrogens (tertiary/aromatic N) is 2. The number of amides is 1. The molecule has 0 aliphatic carbocycles. The van der Waals surface area contributed by atoms with Crippen LogP contribution < -0.4 is 11.3 Å². The van der Waals surface area contributed by atoms with Crippen LogP contribution >= 0.6 is 0 Å². The number of nitrogen functional groups attached to an aromatic ring is 1. The Kier molecular flexibility index (Phi) is 4.75. The molecular formula is C16H22N4O. The molecule has 21 heavy (non-hydrogen) atoms. The zero-order chi connectivity index (χ0) is 15.4. The predicted octanol–water partition coefficient (Wildman–Crippen LogP) is 2.78. The second kappa shape index (κ2) is 6.54. The minimum absolute atomic E-state index is 0.0850. The topological polar surface area (TPSA) is 71.2 Å². The average Bonchev–Trinajstić information content (AvgIpc) is 2.52. The van der Waals surface area contributed by atoms with E-state index in [0.717, 1.165) is 23.6 Å². The van der Waals surface area contributed by atoms with Crippen LogP contribution in [0, 0.1) is 0 Å². The van der Waals surface area contributed by atoms with E-state index in [1.807, 2.05) is 44.3 Å². The van der Waals surface area contributed by atoms with Gasteiger partial charge in [-0.1, -0.05) is 37.6 Å². The van der Waals surface area contributed by atoms with E-state index in [0.29, 0.717) is 11.5 Å². The van der Waals surface area contributed by atoms with Crippen LogP contribution in [0.1, 0.15) is 37.2 Å². The number of hydrogen-bond donors (Lipinski definition) is 2.